The molecule has 3 amide bonds. The molecular weight excluding hydrogens is 296 g/mol. The Bertz CT molecular complexity index is 744. The summed E-state index contributed by atoms with van der Waals surface area (Å²) in [5.41, 5.74) is 0.861. The summed E-state index contributed by atoms with van der Waals surface area (Å²) in [5.74, 6) is -0.452. The topological polar surface area (TPSA) is 103 Å². The lowest BCUT2D eigenvalue weighted by Gasteiger charge is -2.09. The van der Waals surface area contributed by atoms with Crippen molar-refractivity contribution in [1.82, 2.24) is 10.3 Å². The second-order valence-electron chi connectivity index (χ2n) is 5.28. The van der Waals surface area contributed by atoms with Gasteiger partial charge in [0.05, 0.1) is 0 Å². The third kappa shape index (κ3) is 3.97. The Morgan fingerprint density at radius 3 is 2.70 bits per heavy atom. The number of rotatable bonds is 4. The average molecular weight is 312 g/mol. The fraction of sp³-hybridized carbons (Fsp3) is 0.188. The molecule has 7 heteroatoms. The van der Waals surface area contributed by atoms with Gasteiger partial charge in [-0.25, -0.2) is 9.78 Å². The first-order valence-corrected chi connectivity index (χ1v) is 7.25. The highest BCUT2D eigenvalue weighted by atomic mass is 16.3. The summed E-state index contributed by atoms with van der Waals surface area (Å²) in [4.78, 5) is 27.8. The van der Waals surface area contributed by atoms with Gasteiger partial charge in [0, 0.05) is 23.5 Å². The van der Waals surface area contributed by atoms with E-state index in [0.717, 1.165) is 12.8 Å². The van der Waals surface area contributed by atoms with Gasteiger partial charge in [-0.3, -0.25) is 4.79 Å². The molecule has 0 unspecified atom stereocenters. The first-order valence-electron chi connectivity index (χ1n) is 7.25. The number of anilines is 2. The van der Waals surface area contributed by atoms with Gasteiger partial charge in [0.2, 0.25) is 0 Å². The number of aromatic hydroxyl groups is 1. The average Bonchev–Trinajstić information content (AvgIpc) is 3.33. The molecule has 1 saturated carbocycles. The van der Waals surface area contributed by atoms with Crippen molar-refractivity contribution in [2.24, 2.45) is 0 Å². The largest absolute Gasteiger partial charge is 0.504 e. The maximum atomic E-state index is 12.2. The van der Waals surface area contributed by atoms with Crippen LogP contribution in [0.5, 0.6) is 5.75 Å². The van der Waals surface area contributed by atoms with Crippen molar-refractivity contribution in [2.75, 3.05) is 10.6 Å². The first-order chi connectivity index (χ1) is 11.1. The zero-order valence-electron chi connectivity index (χ0n) is 12.2. The van der Waals surface area contributed by atoms with E-state index in [1.54, 1.807) is 30.3 Å². The van der Waals surface area contributed by atoms with Gasteiger partial charge in [-0.1, -0.05) is 6.07 Å². The van der Waals surface area contributed by atoms with Gasteiger partial charge >= 0.3 is 6.03 Å². The highest BCUT2D eigenvalue weighted by Gasteiger charge is 2.23. The number of nitrogens with zero attached hydrogens (tertiary/aromatic N) is 1. The molecule has 0 radical (unpaired) electrons. The summed E-state index contributed by atoms with van der Waals surface area (Å²) >= 11 is 0. The zero-order valence-corrected chi connectivity index (χ0v) is 12.2. The Balaban J connectivity index is 1.67. The van der Waals surface area contributed by atoms with E-state index in [0.29, 0.717) is 11.3 Å². The predicted molar refractivity (Wildman–Crippen MR) is 85.5 cm³/mol. The van der Waals surface area contributed by atoms with Gasteiger partial charge in [-0.15, -0.1) is 0 Å². The molecule has 2 aromatic rings. The van der Waals surface area contributed by atoms with Crippen molar-refractivity contribution in [3.05, 3.63) is 48.2 Å². The van der Waals surface area contributed by atoms with Gasteiger partial charge < -0.3 is 21.1 Å². The van der Waals surface area contributed by atoms with Crippen LogP contribution in [0.25, 0.3) is 0 Å². The predicted octanol–water partition coefficient (Wildman–Crippen LogP) is 2.32. The van der Waals surface area contributed by atoms with E-state index >= 15 is 0 Å². The van der Waals surface area contributed by atoms with E-state index in [9.17, 15) is 14.7 Å². The lowest BCUT2D eigenvalue weighted by molar-refractivity contribution is 0.102. The van der Waals surface area contributed by atoms with E-state index in [1.165, 1.54) is 12.3 Å². The number of aromatic nitrogens is 1. The number of pyridine rings is 1. The Kier molecular flexibility index (Phi) is 4.09. The van der Waals surface area contributed by atoms with Gasteiger partial charge in [-0.2, -0.15) is 0 Å². The molecule has 1 heterocycles. The minimum Gasteiger partial charge on any atom is -0.504 e. The van der Waals surface area contributed by atoms with Crippen LogP contribution in [-0.4, -0.2) is 28.1 Å². The van der Waals surface area contributed by atoms with Crippen LogP contribution in [0.3, 0.4) is 0 Å². The fourth-order valence-electron chi connectivity index (χ4n) is 1.99. The van der Waals surface area contributed by atoms with E-state index in [2.05, 4.69) is 20.9 Å². The molecule has 7 nitrogen and oxygen atoms in total. The summed E-state index contributed by atoms with van der Waals surface area (Å²) in [6.07, 6.45) is 3.47. The molecule has 0 spiro atoms. The molecule has 0 atom stereocenters. The third-order valence-electron chi connectivity index (χ3n) is 3.31. The monoisotopic (exact) mass is 312 g/mol. The SMILES string of the molecule is O=C(Nc1cccc(C(=O)Nc2ncccc2O)c1)NC1CC1. The number of nitrogens with one attached hydrogen (secondary N) is 3. The summed E-state index contributed by atoms with van der Waals surface area (Å²) in [7, 11) is 0. The molecule has 1 aliphatic carbocycles. The Labute approximate surface area is 132 Å². The van der Waals surface area contributed by atoms with Crippen molar-refractivity contribution in [1.29, 1.82) is 0 Å². The van der Waals surface area contributed by atoms with Crippen LogP contribution < -0.4 is 16.0 Å². The molecule has 4 N–H and O–H groups in total. The summed E-state index contributed by atoms with van der Waals surface area (Å²) in [6.45, 7) is 0. The van der Waals surface area contributed by atoms with Crippen molar-refractivity contribution >= 4 is 23.4 Å². The van der Waals surface area contributed by atoms with Crippen LogP contribution in [-0.2, 0) is 0 Å². The van der Waals surface area contributed by atoms with E-state index in [-0.39, 0.29) is 23.6 Å². The maximum absolute atomic E-state index is 12.2. The molecular formula is C16H16N4O3. The summed E-state index contributed by atoms with van der Waals surface area (Å²) in [6, 6.07) is 9.50. The van der Waals surface area contributed by atoms with Crippen LogP contribution in [0.1, 0.15) is 23.2 Å². The lowest BCUT2D eigenvalue weighted by Crippen LogP contribution is -2.30. The van der Waals surface area contributed by atoms with Crippen LogP contribution in [0.2, 0.25) is 0 Å². The number of carbonyl (C=O) groups is 2. The van der Waals surface area contributed by atoms with Crippen LogP contribution in [0, 0.1) is 0 Å². The summed E-state index contributed by atoms with van der Waals surface area (Å²) < 4.78 is 0. The number of benzene rings is 1. The Morgan fingerprint density at radius 2 is 1.96 bits per heavy atom. The van der Waals surface area contributed by atoms with Crippen LogP contribution >= 0.6 is 0 Å². The summed E-state index contributed by atoms with van der Waals surface area (Å²) in [5, 5.41) is 17.6. The van der Waals surface area contributed by atoms with Gasteiger partial charge in [0.25, 0.3) is 5.91 Å². The zero-order chi connectivity index (χ0) is 16.2. The molecule has 0 aliphatic heterocycles. The molecule has 23 heavy (non-hydrogen) atoms. The van der Waals surface area contributed by atoms with Gasteiger partial charge in [0.1, 0.15) is 0 Å². The van der Waals surface area contributed by atoms with Crippen LogP contribution in [0.4, 0.5) is 16.3 Å². The Morgan fingerprint density at radius 1 is 1.13 bits per heavy atom. The molecule has 0 saturated heterocycles. The van der Waals surface area contributed by atoms with Crippen molar-refractivity contribution in [3.63, 3.8) is 0 Å². The minimum atomic E-state index is -0.426. The normalized spacial score (nSPS) is 13.2. The minimum absolute atomic E-state index is 0.0855. The van der Waals surface area contributed by atoms with Crippen molar-refractivity contribution in [3.8, 4) is 5.75 Å². The van der Waals surface area contributed by atoms with Crippen molar-refractivity contribution < 1.29 is 14.7 Å². The van der Waals surface area contributed by atoms with Gasteiger partial charge in [0.15, 0.2) is 11.6 Å². The second kappa shape index (κ2) is 6.35. The number of hydrogen-bond acceptors (Lipinski definition) is 4. The van der Waals surface area contributed by atoms with Crippen molar-refractivity contribution in [2.45, 2.75) is 18.9 Å². The van der Waals surface area contributed by atoms with E-state index in [1.807, 2.05) is 0 Å². The molecule has 1 aliphatic rings. The molecule has 1 aromatic heterocycles. The fourth-order valence-corrected chi connectivity index (χ4v) is 1.99. The number of amides is 3. The first kappa shape index (κ1) is 14.8. The second-order valence-corrected chi connectivity index (χ2v) is 5.28. The number of urea groups is 1. The molecule has 0 bridgehead atoms. The van der Waals surface area contributed by atoms with E-state index < -0.39 is 5.91 Å². The molecule has 118 valence electrons. The molecule has 1 aromatic carbocycles. The van der Waals surface area contributed by atoms with Crippen LogP contribution in [0.15, 0.2) is 42.6 Å². The highest BCUT2D eigenvalue weighted by Crippen LogP contribution is 2.21. The smallest absolute Gasteiger partial charge is 0.319 e. The maximum Gasteiger partial charge on any atom is 0.319 e. The molecule has 3 rings (SSSR count). The number of carbonyl (C=O) groups excluding carboxylic acids is 2. The quantitative estimate of drug-likeness (QED) is 0.695. The number of hydrogen-bond donors (Lipinski definition) is 4. The third-order valence-corrected chi connectivity index (χ3v) is 3.31. The molecule has 1 fully saturated rings. The lowest BCUT2D eigenvalue weighted by atomic mass is 10.2. The highest BCUT2D eigenvalue weighted by molar-refractivity contribution is 6.05. The standard InChI is InChI=1S/C16H16N4O3/c21-13-5-2-8-17-14(13)20-15(22)10-3-1-4-12(9-10)19-16(23)18-11-6-7-11/h1-5,8-9,11,21H,6-7H2,(H,17,20,22)(H2,18,19,23). The van der Waals surface area contributed by atoms with E-state index in [4.69, 9.17) is 0 Å². The Hall–Kier alpha value is -3.09. The van der Waals surface area contributed by atoms with Gasteiger partial charge in [-0.05, 0) is 43.2 Å².